The third-order valence-electron chi connectivity index (χ3n) is 3.26. The normalized spacial score (nSPS) is 9.64. The zero-order valence-corrected chi connectivity index (χ0v) is 13.4. The van der Waals surface area contributed by atoms with Crippen molar-refractivity contribution >= 4 is 11.8 Å². The van der Waals surface area contributed by atoms with E-state index in [1.54, 1.807) is 0 Å². The van der Waals surface area contributed by atoms with E-state index in [0.29, 0.717) is 5.56 Å². The van der Waals surface area contributed by atoms with E-state index >= 15 is 0 Å². The molecule has 0 aliphatic rings. The van der Waals surface area contributed by atoms with Crippen LogP contribution >= 0.6 is 0 Å². The van der Waals surface area contributed by atoms with E-state index in [9.17, 15) is 19.7 Å². The number of rotatable bonds is 4. The van der Waals surface area contributed by atoms with Crippen LogP contribution < -0.4 is 10.9 Å². The highest BCUT2D eigenvalue weighted by Crippen LogP contribution is 2.14. The molecule has 2 aromatic rings. The van der Waals surface area contributed by atoms with Crippen LogP contribution in [0.25, 0.3) is 0 Å². The first-order chi connectivity index (χ1) is 12.0. The van der Waals surface area contributed by atoms with E-state index in [1.807, 2.05) is 30.3 Å². The number of aromatic nitrogens is 1. The van der Waals surface area contributed by atoms with Gasteiger partial charge in [0.05, 0.1) is 17.0 Å². The highest BCUT2D eigenvalue weighted by molar-refractivity contribution is 5.67. The largest absolute Gasteiger partial charge is 0.445 e. The van der Waals surface area contributed by atoms with Crippen molar-refractivity contribution in [1.82, 2.24) is 10.3 Å². The molecule has 128 valence electrons. The molecule has 1 heterocycles. The van der Waals surface area contributed by atoms with E-state index in [-0.39, 0.29) is 18.7 Å². The maximum atomic E-state index is 11.5. The average Bonchev–Trinajstić information content (AvgIpc) is 2.59. The lowest BCUT2D eigenvalue weighted by Gasteiger charge is -2.04. The summed E-state index contributed by atoms with van der Waals surface area (Å²) in [5.41, 5.74) is 0.0243. The highest BCUT2D eigenvalue weighted by atomic mass is 16.6. The van der Waals surface area contributed by atoms with Gasteiger partial charge < -0.3 is 15.0 Å². The number of amides is 1. The minimum absolute atomic E-state index is 0.0000128. The lowest BCUT2D eigenvalue weighted by molar-refractivity contribution is -0.386. The van der Waals surface area contributed by atoms with Crippen molar-refractivity contribution in [2.45, 2.75) is 13.5 Å². The maximum Gasteiger partial charge on any atom is 0.408 e. The summed E-state index contributed by atoms with van der Waals surface area (Å²) in [6, 6.07) is 9.21. The first-order valence-corrected chi connectivity index (χ1v) is 7.29. The van der Waals surface area contributed by atoms with Crippen LogP contribution in [0.15, 0.2) is 41.3 Å². The summed E-state index contributed by atoms with van der Waals surface area (Å²) in [5.74, 6) is 5.32. The average molecular weight is 341 g/mol. The van der Waals surface area contributed by atoms with E-state index in [1.165, 1.54) is 13.1 Å². The number of nitro groups is 1. The lowest BCUT2D eigenvalue weighted by Crippen LogP contribution is -2.24. The summed E-state index contributed by atoms with van der Waals surface area (Å²) in [5, 5.41) is 13.3. The Balaban J connectivity index is 1.90. The number of alkyl carbamates (subject to hydrolysis) is 1. The third kappa shape index (κ3) is 4.94. The number of nitrogens with one attached hydrogen (secondary N) is 2. The van der Waals surface area contributed by atoms with Gasteiger partial charge in [-0.1, -0.05) is 42.2 Å². The Morgan fingerprint density at radius 1 is 1.36 bits per heavy atom. The standard InChI is InChI=1S/C17H15N3O5/c1-12-14(10-19-16(21)15(12)20(23)24)8-5-9-18-17(22)25-11-13-6-3-2-4-7-13/h2-4,6-7,10H,9,11H2,1H3,(H,18,22)(H,19,21). The second kappa shape index (κ2) is 8.31. The molecule has 0 bridgehead atoms. The smallest absolute Gasteiger partial charge is 0.408 e. The summed E-state index contributed by atoms with van der Waals surface area (Å²) in [6.45, 7) is 1.59. The van der Waals surface area contributed by atoms with Gasteiger partial charge in [-0.05, 0) is 12.5 Å². The minimum atomic E-state index is -0.782. The Bertz CT molecular complexity index is 894. The molecule has 0 spiro atoms. The molecule has 0 aliphatic carbocycles. The molecule has 1 aromatic heterocycles. The molecule has 0 atom stereocenters. The van der Waals surface area contributed by atoms with Crippen LogP contribution in [0.4, 0.5) is 10.5 Å². The molecule has 0 saturated carbocycles. The van der Waals surface area contributed by atoms with Gasteiger partial charge in [0.15, 0.2) is 0 Å². The van der Waals surface area contributed by atoms with E-state index in [2.05, 4.69) is 22.1 Å². The van der Waals surface area contributed by atoms with Crippen molar-refractivity contribution in [3.8, 4) is 11.8 Å². The fourth-order valence-corrected chi connectivity index (χ4v) is 1.99. The van der Waals surface area contributed by atoms with E-state index < -0.39 is 22.3 Å². The summed E-state index contributed by atoms with van der Waals surface area (Å²) >= 11 is 0. The second-order valence-corrected chi connectivity index (χ2v) is 4.98. The Labute approximate surface area is 143 Å². The van der Waals surface area contributed by atoms with Gasteiger partial charge in [0.1, 0.15) is 6.61 Å². The molecule has 0 fully saturated rings. The number of nitrogens with zero attached hydrogens (tertiary/aromatic N) is 1. The number of carbonyl (C=O) groups is 1. The molecular formula is C17H15N3O5. The van der Waals surface area contributed by atoms with Crippen LogP contribution in [0.1, 0.15) is 16.7 Å². The van der Waals surface area contributed by atoms with Crippen molar-refractivity contribution in [3.63, 3.8) is 0 Å². The van der Waals surface area contributed by atoms with Crippen molar-refractivity contribution in [2.24, 2.45) is 0 Å². The van der Waals surface area contributed by atoms with Crippen molar-refractivity contribution in [2.75, 3.05) is 6.54 Å². The predicted octanol–water partition coefficient (Wildman–Crippen LogP) is 1.87. The van der Waals surface area contributed by atoms with Gasteiger partial charge in [0, 0.05) is 11.8 Å². The fraction of sp³-hybridized carbons (Fsp3) is 0.176. The molecule has 25 heavy (non-hydrogen) atoms. The third-order valence-corrected chi connectivity index (χ3v) is 3.26. The summed E-state index contributed by atoms with van der Waals surface area (Å²) < 4.78 is 5.02. The van der Waals surface area contributed by atoms with Gasteiger partial charge in [0.25, 0.3) is 0 Å². The number of carbonyl (C=O) groups excluding carboxylic acids is 1. The molecule has 8 heteroatoms. The summed E-state index contributed by atoms with van der Waals surface area (Å²) in [4.78, 5) is 35.4. The lowest BCUT2D eigenvalue weighted by atomic mass is 10.1. The summed E-state index contributed by atoms with van der Waals surface area (Å²) in [7, 11) is 0. The quantitative estimate of drug-likeness (QED) is 0.500. The Hall–Kier alpha value is -3.60. The number of H-pyrrole nitrogens is 1. The highest BCUT2D eigenvalue weighted by Gasteiger charge is 2.18. The number of hydrogen-bond acceptors (Lipinski definition) is 5. The molecule has 1 amide bonds. The monoisotopic (exact) mass is 341 g/mol. The van der Waals surface area contributed by atoms with Crippen LogP contribution in [0.3, 0.4) is 0 Å². The van der Waals surface area contributed by atoms with Crippen LogP contribution in [0.2, 0.25) is 0 Å². The molecule has 0 unspecified atom stereocenters. The predicted molar refractivity (Wildman–Crippen MR) is 90.0 cm³/mol. The molecule has 0 saturated heterocycles. The van der Waals surface area contributed by atoms with E-state index in [4.69, 9.17) is 4.74 Å². The molecule has 2 rings (SSSR count). The van der Waals surface area contributed by atoms with E-state index in [0.717, 1.165) is 5.56 Å². The van der Waals surface area contributed by atoms with Crippen molar-refractivity contribution < 1.29 is 14.5 Å². The zero-order valence-electron chi connectivity index (χ0n) is 13.4. The fourth-order valence-electron chi connectivity index (χ4n) is 1.99. The van der Waals surface area contributed by atoms with Crippen LogP contribution in [-0.2, 0) is 11.3 Å². The number of aromatic amines is 1. The van der Waals surface area contributed by atoms with Crippen LogP contribution in [0, 0.1) is 28.9 Å². The second-order valence-electron chi connectivity index (χ2n) is 4.98. The molecule has 8 nitrogen and oxygen atoms in total. The topological polar surface area (TPSA) is 114 Å². The first-order valence-electron chi connectivity index (χ1n) is 7.29. The van der Waals surface area contributed by atoms with Crippen molar-refractivity contribution in [1.29, 1.82) is 0 Å². The molecule has 0 aliphatic heterocycles. The van der Waals surface area contributed by atoms with Crippen LogP contribution in [0.5, 0.6) is 0 Å². The number of hydrogen-bond donors (Lipinski definition) is 2. The van der Waals surface area contributed by atoms with Gasteiger partial charge >= 0.3 is 17.3 Å². The van der Waals surface area contributed by atoms with Gasteiger partial charge in [-0.25, -0.2) is 4.79 Å². The number of benzene rings is 1. The Morgan fingerprint density at radius 3 is 2.76 bits per heavy atom. The van der Waals surface area contributed by atoms with Crippen molar-refractivity contribution in [3.05, 3.63) is 73.7 Å². The minimum Gasteiger partial charge on any atom is -0.445 e. The molecule has 2 N–H and O–H groups in total. The van der Waals surface area contributed by atoms with Crippen LogP contribution in [-0.4, -0.2) is 22.5 Å². The maximum absolute atomic E-state index is 11.5. The zero-order chi connectivity index (χ0) is 18.2. The Kier molecular flexibility index (Phi) is 5.90. The van der Waals surface area contributed by atoms with Gasteiger partial charge in [-0.2, -0.15) is 0 Å². The number of pyridine rings is 1. The SMILES string of the molecule is Cc1c(C#CCNC(=O)OCc2ccccc2)c[nH]c(=O)c1[N+](=O)[O-]. The van der Waals surface area contributed by atoms with Gasteiger partial charge in [-0.3, -0.25) is 14.9 Å². The molecular weight excluding hydrogens is 326 g/mol. The summed E-state index contributed by atoms with van der Waals surface area (Å²) in [6.07, 6.45) is 0.674. The molecule has 1 aromatic carbocycles. The first kappa shape index (κ1) is 17.7. The number of ether oxygens (including phenoxy) is 1. The van der Waals surface area contributed by atoms with Gasteiger partial charge in [-0.15, -0.1) is 0 Å². The Morgan fingerprint density at radius 2 is 2.08 bits per heavy atom. The van der Waals surface area contributed by atoms with Gasteiger partial charge in [0.2, 0.25) is 0 Å². The molecule has 0 radical (unpaired) electrons.